The summed E-state index contributed by atoms with van der Waals surface area (Å²) in [5.41, 5.74) is 16.0. The van der Waals surface area contributed by atoms with Crippen molar-refractivity contribution in [3.05, 3.63) is 82.4 Å². The second kappa shape index (κ2) is 23.7. The van der Waals surface area contributed by atoms with Crippen molar-refractivity contribution in [2.75, 3.05) is 39.9 Å². The summed E-state index contributed by atoms with van der Waals surface area (Å²) in [5.74, 6) is -2.14. The highest BCUT2D eigenvalue weighted by Gasteiger charge is 2.35. The number of unbranched alkanes of at least 4 members (excludes halogenated alkanes) is 5. The quantitative estimate of drug-likeness (QED) is 0.0757. The summed E-state index contributed by atoms with van der Waals surface area (Å²) in [6, 6.07) is 13.2. The van der Waals surface area contributed by atoms with Gasteiger partial charge in [-0.1, -0.05) is 63.3 Å². The number of hydrogen-bond acceptors (Lipinski definition) is 10. The Morgan fingerprint density at radius 2 is 1.56 bits per heavy atom. The monoisotopic (exact) mass is 838 g/mol. The number of carbonyl (C=O) groups is 5. The van der Waals surface area contributed by atoms with Crippen molar-refractivity contribution in [3.63, 3.8) is 0 Å². The zero-order valence-electron chi connectivity index (χ0n) is 36.1. The van der Waals surface area contributed by atoms with Gasteiger partial charge in [0.05, 0.1) is 6.07 Å². The molecule has 0 saturated carbocycles. The van der Waals surface area contributed by atoms with Gasteiger partial charge in [-0.15, -0.1) is 0 Å². The van der Waals surface area contributed by atoms with E-state index in [1.165, 1.54) is 44.6 Å². The predicted octanol–water partition coefficient (Wildman–Crippen LogP) is 3.74. The van der Waals surface area contributed by atoms with E-state index < -0.39 is 53.7 Å². The van der Waals surface area contributed by atoms with Crippen LogP contribution in [0.15, 0.2) is 54.6 Å². The van der Waals surface area contributed by atoms with Gasteiger partial charge in [0.2, 0.25) is 23.6 Å². The number of nitrogens with zero attached hydrogens (tertiary/aromatic N) is 2. The molecule has 0 aromatic heterocycles. The molecule has 8 N–H and O–H groups in total. The van der Waals surface area contributed by atoms with Crippen LogP contribution in [-0.4, -0.2) is 92.5 Å². The molecular formula is C46H62N8O7. The smallest absolute Gasteiger partial charge is 0.252 e. The van der Waals surface area contributed by atoms with Crippen LogP contribution in [-0.2, 0) is 32.0 Å². The maximum atomic E-state index is 14.4. The number of amides is 5. The molecule has 1 heterocycles. The molecule has 0 fully saturated rings. The molecule has 1 aliphatic heterocycles. The third-order valence-corrected chi connectivity index (χ3v) is 10.6. The summed E-state index contributed by atoms with van der Waals surface area (Å²) in [7, 11) is 1.45. The molecular weight excluding hydrogens is 777 g/mol. The van der Waals surface area contributed by atoms with E-state index in [1.807, 2.05) is 25.1 Å². The van der Waals surface area contributed by atoms with Gasteiger partial charge in [-0.2, -0.15) is 5.26 Å². The molecule has 0 spiro atoms. The Bertz CT molecular complexity index is 2050. The molecule has 3 aromatic rings. The van der Waals surface area contributed by atoms with E-state index in [-0.39, 0.29) is 39.3 Å². The molecule has 0 unspecified atom stereocenters. The fourth-order valence-corrected chi connectivity index (χ4v) is 7.35. The first-order valence-corrected chi connectivity index (χ1v) is 21.2. The molecule has 1 aliphatic rings. The van der Waals surface area contributed by atoms with Gasteiger partial charge in [0, 0.05) is 43.2 Å². The molecule has 3 aromatic carbocycles. The third-order valence-electron chi connectivity index (χ3n) is 10.6. The van der Waals surface area contributed by atoms with E-state index in [1.54, 1.807) is 49.4 Å². The average molecular weight is 839 g/mol. The summed E-state index contributed by atoms with van der Waals surface area (Å²) in [5, 5.41) is 19.9. The number of carbonyl (C=O) groups excluding carboxylic acids is 5. The van der Waals surface area contributed by atoms with E-state index in [4.69, 9.17) is 26.2 Å². The van der Waals surface area contributed by atoms with Crippen LogP contribution in [0.2, 0.25) is 0 Å². The number of aryl methyl sites for hydroxylation is 2. The lowest BCUT2D eigenvalue weighted by atomic mass is 9.93. The van der Waals surface area contributed by atoms with E-state index in [9.17, 15) is 24.0 Å². The maximum absolute atomic E-state index is 14.4. The number of benzene rings is 3. The van der Waals surface area contributed by atoms with Crippen LogP contribution >= 0.6 is 0 Å². The number of nitriles is 1. The number of nitrogens with one attached hydrogen (secondary N) is 4. The minimum atomic E-state index is -1.32. The van der Waals surface area contributed by atoms with Crippen LogP contribution < -0.4 is 42.2 Å². The fraction of sp³-hybridized carbons (Fsp3) is 0.478. The van der Waals surface area contributed by atoms with Crippen molar-refractivity contribution in [3.8, 4) is 28.7 Å². The van der Waals surface area contributed by atoms with Crippen molar-refractivity contribution >= 4 is 29.5 Å². The van der Waals surface area contributed by atoms with E-state index in [0.29, 0.717) is 39.3 Å². The summed E-state index contributed by atoms with van der Waals surface area (Å²) in [6.45, 7) is 7.57. The van der Waals surface area contributed by atoms with Crippen LogP contribution in [0.4, 0.5) is 0 Å². The van der Waals surface area contributed by atoms with Crippen LogP contribution in [0.5, 0.6) is 11.5 Å². The van der Waals surface area contributed by atoms with Crippen molar-refractivity contribution in [2.45, 2.75) is 103 Å². The Labute approximate surface area is 359 Å². The van der Waals surface area contributed by atoms with Crippen molar-refractivity contribution in [2.24, 2.45) is 11.5 Å². The summed E-state index contributed by atoms with van der Waals surface area (Å²) >= 11 is 0. The third kappa shape index (κ3) is 13.3. The van der Waals surface area contributed by atoms with Crippen LogP contribution in [0.3, 0.4) is 0 Å². The normalized spacial score (nSPS) is 16.8. The molecule has 4 bridgehead atoms. The second-order valence-electron chi connectivity index (χ2n) is 15.4. The first-order chi connectivity index (χ1) is 29.3. The van der Waals surface area contributed by atoms with Gasteiger partial charge < -0.3 is 47.1 Å². The fourth-order valence-electron chi connectivity index (χ4n) is 7.35. The van der Waals surface area contributed by atoms with Gasteiger partial charge in [-0.3, -0.25) is 24.0 Å². The van der Waals surface area contributed by atoms with Gasteiger partial charge in [0.15, 0.2) is 0 Å². The molecule has 4 atom stereocenters. The molecule has 61 heavy (non-hydrogen) atoms. The molecule has 15 heteroatoms. The number of hydrogen-bond donors (Lipinski definition) is 6. The number of nitrogens with two attached hydrogens (primary N) is 2. The minimum absolute atomic E-state index is 0.0266. The lowest BCUT2D eigenvalue weighted by Crippen LogP contribution is -2.55. The Morgan fingerprint density at radius 3 is 2.21 bits per heavy atom. The lowest BCUT2D eigenvalue weighted by molar-refractivity contribution is -0.141. The molecule has 0 radical (unpaired) electrons. The summed E-state index contributed by atoms with van der Waals surface area (Å²) in [4.78, 5) is 70.4. The Hall–Kier alpha value is -5.98. The zero-order chi connectivity index (χ0) is 44.5. The topological polar surface area (TPSA) is 231 Å². The molecule has 0 aliphatic carbocycles. The molecule has 5 amide bonds. The first kappa shape index (κ1) is 47.7. The van der Waals surface area contributed by atoms with Gasteiger partial charge in [0.1, 0.15) is 55.4 Å². The van der Waals surface area contributed by atoms with Gasteiger partial charge in [-0.05, 0) is 86.2 Å². The van der Waals surface area contributed by atoms with Gasteiger partial charge in [0.25, 0.3) is 5.91 Å². The van der Waals surface area contributed by atoms with Crippen molar-refractivity contribution < 1.29 is 33.4 Å². The highest BCUT2D eigenvalue weighted by Crippen LogP contribution is 2.40. The SMILES string of the molecule is CCCCCCCCc1ccc(C(=O)N[C@H](C)C(=O)N(C)[C@@H]2C(=O)N[C@@H](C)C(=O)N[C@H](C(=O)NCC#N)Cc3ccc(OCCN)c(c3)-c3cc2ccc3OCCN)c(C)c1. The highest BCUT2D eigenvalue weighted by atomic mass is 16.5. The standard InChI is InChI=1S/C46H62N8O7/c1-6-7-8-9-10-11-12-32-13-16-35(29(2)25-32)43(56)52-31(4)46(59)54(5)41-34-15-18-40(61-24-21-49)37(28-34)36-26-33(14-17-39(36)60-23-20-48)27-38(44(57)50-22-19-47)53-42(55)30(3)51-45(41)58/h13-18,25-26,28,30-31,38,41H,6-12,20-24,27,48-49H2,1-5H3,(H,50,57)(H,51,58)(H,52,56)(H,53,55)/t30-,31+,38-,41-/m0/s1. The number of rotatable bonds is 19. The van der Waals surface area contributed by atoms with E-state index in [0.717, 1.165) is 30.4 Å². The Morgan fingerprint density at radius 1 is 0.902 bits per heavy atom. The molecule has 0 saturated heterocycles. The van der Waals surface area contributed by atoms with Crippen molar-refractivity contribution in [1.82, 2.24) is 26.2 Å². The predicted molar refractivity (Wildman–Crippen MR) is 234 cm³/mol. The largest absolute Gasteiger partial charge is 0.492 e. The molecule has 15 nitrogen and oxygen atoms in total. The summed E-state index contributed by atoms with van der Waals surface area (Å²) in [6.07, 6.45) is 8.10. The average Bonchev–Trinajstić information content (AvgIpc) is 3.24. The van der Waals surface area contributed by atoms with Crippen LogP contribution in [0, 0.1) is 18.3 Å². The van der Waals surface area contributed by atoms with Gasteiger partial charge >= 0.3 is 0 Å². The van der Waals surface area contributed by atoms with Crippen LogP contribution in [0.1, 0.15) is 97.9 Å². The lowest BCUT2D eigenvalue weighted by Gasteiger charge is -2.32. The minimum Gasteiger partial charge on any atom is -0.492 e. The molecule has 328 valence electrons. The molecule has 4 rings (SSSR count). The number of fused-ring (bicyclic) bond motifs is 5. The Balaban J connectivity index is 1.72. The van der Waals surface area contributed by atoms with E-state index >= 15 is 0 Å². The highest BCUT2D eigenvalue weighted by molar-refractivity contribution is 6.00. The maximum Gasteiger partial charge on any atom is 0.252 e. The number of likely N-dealkylation sites (N-methyl/N-ethyl adjacent to an activating group) is 1. The first-order valence-electron chi connectivity index (χ1n) is 21.2. The number of ether oxygens (including phenoxy) is 2. The second-order valence-corrected chi connectivity index (χ2v) is 15.4. The Kier molecular flexibility index (Phi) is 18.5. The van der Waals surface area contributed by atoms with Gasteiger partial charge in [-0.25, -0.2) is 0 Å². The van der Waals surface area contributed by atoms with E-state index in [2.05, 4.69) is 28.2 Å². The zero-order valence-corrected chi connectivity index (χ0v) is 36.1. The van der Waals surface area contributed by atoms with Crippen molar-refractivity contribution in [1.29, 1.82) is 5.26 Å². The van der Waals surface area contributed by atoms with Crippen LogP contribution in [0.25, 0.3) is 11.1 Å². The summed E-state index contributed by atoms with van der Waals surface area (Å²) < 4.78 is 12.2.